The molecule has 1 nitrogen and oxygen atoms in total. The Hall–Kier alpha value is 0.565. The summed E-state index contributed by atoms with van der Waals surface area (Å²) in [6.07, 6.45) is 0. The third-order valence-electron chi connectivity index (χ3n) is 0. The fraction of sp³-hybridized carbons (Fsp3) is 0. The molecular formula is CBF6NNaP. The summed E-state index contributed by atoms with van der Waals surface area (Å²) in [4.78, 5) is 0. The van der Waals surface area contributed by atoms with E-state index in [1.807, 2.05) is 0 Å². The van der Waals surface area contributed by atoms with Gasteiger partial charge in [0.25, 0.3) is 0 Å². The second-order valence-corrected chi connectivity index (χ2v) is 3.00. The molecule has 0 aliphatic carbocycles. The molecule has 0 N–H and O–H groups in total. The molecule has 0 amide bonds. The fourth-order valence-electron chi connectivity index (χ4n) is 0. The van der Waals surface area contributed by atoms with E-state index in [1.165, 1.54) is 5.97 Å². The van der Waals surface area contributed by atoms with E-state index in [0.29, 0.717) is 0 Å². The minimum atomic E-state index is -10.7. The standard InChI is InChI=1S/CBN.F6P.Na/c2-1-3;1-7(2,3,4,5)6;/q;-1;+1. The number of hydrogen-bond acceptors (Lipinski definition) is 1. The Morgan fingerprint density at radius 2 is 1.00 bits per heavy atom. The molecule has 0 saturated carbocycles. The summed E-state index contributed by atoms with van der Waals surface area (Å²) in [5.41, 5.74) is 0. The quantitative estimate of drug-likeness (QED) is 0.310. The normalized spacial score (nSPS) is 15.4. The van der Waals surface area contributed by atoms with Gasteiger partial charge < -0.3 is 0 Å². The average molecular weight is 205 g/mol. The summed E-state index contributed by atoms with van der Waals surface area (Å²) in [6.45, 7) is 0. The van der Waals surface area contributed by atoms with E-state index in [2.05, 4.69) is 7.85 Å². The van der Waals surface area contributed by atoms with Crippen LogP contribution >= 0.6 is 7.81 Å². The molecular weight excluding hydrogens is 205 g/mol. The number of nitriles is 1. The first-order chi connectivity index (χ1) is 3.86. The summed E-state index contributed by atoms with van der Waals surface area (Å²) in [6, 6.07) is 0. The van der Waals surface area contributed by atoms with Crippen molar-refractivity contribution in [2.24, 2.45) is 0 Å². The van der Waals surface area contributed by atoms with Crippen molar-refractivity contribution in [1.29, 1.82) is 5.26 Å². The average Bonchev–Trinajstić information content (AvgIpc) is 1.20. The van der Waals surface area contributed by atoms with Gasteiger partial charge in [0.2, 0.25) is 7.85 Å². The smallest absolute Gasteiger partial charge is 0.214 e. The molecule has 0 unspecified atom stereocenters. The second kappa shape index (κ2) is 3.52. The van der Waals surface area contributed by atoms with Crippen molar-refractivity contribution in [3.63, 3.8) is 0 Å². The van der Waals surface area contributed by atoms with E-state index in [9.17, 15) is 25.2 Å². The number of halogens is 6. The molecule has 0 rings (SSSR count). The summed E-state index contributed by atoms with van der Waals surface area (Å²) < 4.78 is 59.2. The third-order valence-corrected chi connectivity index (χ3v) is 0. The van der Waals surface area contributed by atoms with Gasteiger partial charge >= 0.3 is 62.5 Å². The van der Waals surface area contributed by atoms with Gasteiger partial charge in [-0.3, -0.25) is 0 Å². The Labute approximate surface area is 81.7 Å². The van der Waals surface area contributed by atoms with Gasteiger partial charge in [0.15, 0.2) is 0 Å². The first kappa shape index (κ1) is 17.6. The van der Waals surface area contributed by atoms with Crippen LogP contribution in [-0.2, 0) is 0 Å². The topological polar surface area (TPSA) is 23.8 Å². The molecule has 0 aromatic carbocycles. The minimum absolute atomic E-state index is 0. The van der Waals surface area contributed by atoms with Crippen molar-refractivity contribution in [2.75, 3.05) is 0 Å². The molecule has 0 aromatic rings. The molecule has 0 aliphatic heterocycles. The van der Waals surface area contributed by atoms with Crippen LogP contribution in [0.1, 0.15) is 0 Å². The van der Waals surface area contributed by atoms with E-state index in [4.69, 9.17) is 5.26 Å². The fourth-order valence-corrected chi connectivity index (χ4v) is 0. The molecule has 10 heteroatoms. The molecule has 0 saturated heterocycles. The van der Waals surface area contributed by atoms with Gasteiger partial charge in [-0.25, -0.2) is 5.26 Å². The largest absolute Gasteiger partial charge is 1.00 e. The van der Waals surface area contributed by atoms with Crippen LogP contribution in [0.25, 0.3) is 0 Å². The Kier molecular flexibility index (Phi) is 5.63. The van der Waals surface area contributed by atoms with Crippen LogP contribution < -0.4 is 29.6 Å². The van der Waals surface area contributed by atoms with Crippen LogP contribution in [0.3, 0.4) is 0 Å². The predicted molar refractivity (Wildman–Crippen MR) is 24.9 cm³/mol. The van der Waals surface area contributed by atoms with Crippen LogP contribution in [0.15, 0.2) is 0 Å². The number of rotatable bonds is 0. The third kappa shape index (κ3) is 2430. The van der Waals surface area contributed by atoms with Crippen LogP contribution in [-0.4, -0.2) is 7.85 Å². The summed E-state index contributed by atoms with van der Waals surface area (Å²) >= 11 is 0. The first-order valence-electron chi connectivity index (χ1n) is 1.53. The molecule has 11 heavy (non-hydrogen) atoms. The summed E-state index contributed by atoms with van der Waals surface area (Å²) in [7, 11) is -6.50. The maximum absolute atomic E-state index is 10.7. The van der Waals surface area contributed by atoms with E-state index in [-0.39, 0.29) is 29.6 Å². The van der Waals surface area contributed by atoms with Crippen LogP contribution in [0.2, 0.25) is 0 Å². The molecule has 0 aliphatic rings. The van der Waals surface area contributed by atoms with Gasteiger partial charge in [-0.2, -0.15) is 0 Å². The monoisotopic (exact) mass is 205 g/mol. The van der Waals surface area contributed by atoms with Crippen LogP contribution in [0, 0.1) is 11.2 Å². The SMILES string of the molecule is F[P-](F)(F)(F)(F)F.[B]C#N.[Na+]. The van der Waals surface area contributed by atoms with E-state index in [1.54, 1.807) is 0 Å². The predicted octanol–water partition coefficient (Wildman–Crippen LogP) is 0.0224. The molecule has 0 atom stereocenters. The van der Waals surface area contributed by atoms with Gasteiger partial charge in [0.1, 0.15) is 0 Å². The van der Waals surface area contributed by atoms with Crippen molar-refractivity contribution in [1.82, 2.24) is 0 Å². The number of nitrogens with zero attached hydrogens (tertiary/aromatic N) is 1. The van der Waals surface area contributed by atoms with Crippen molar-refractivity contribution in [3.8, 4) is 5.97 Å². The van der Waals surface area contributed by atoms with Crippen molar-refractivity contribution in [2.45, 2.75) is 0 Å². The zero-order valence-electron chi connectivity index (χ0n) is 5.24. The van der Waals surface area contributed by atoms with Crippen LogP contribution in [0.5, 0.6) is 0 Å². The second-order valence-electron chi connectivity index (χ2n) is 1.09. The Morgan fingerprint density at radius 1 is 1.00 bits per heavy atom. The maximum Gasteiger partial charge on any atom is 1.00 e. The first-order valence-corrected chi connectivity index (χ1v) is 3.55. The van der Waals surface area contributed by atoms with Gasteiger partial charge in [-0.05, 0) is 5.97 Å². The Balaban J connectivity index is -0.000000140. The van der Waals surface area contributed by atoms with Gasteiger partial charge in [0.05, 0.1) is 0 Å². The van der Waals surface area contributed by atoms with E-state index in [0.717, 1.165) is 0 Å². The summed E-state index contributed by atoms with van der Waals surface area (Å²) in [5, 5.41) is 7.10. The van der Waals surface area contributed by atoms with Crippen molar-refractivity contribution >= 4 is 15.7 Å². The van der Waals surface area contributed by atoms with Gasteiger partial charge in [-0.15, -0.1) is 0 Å². The zero-order valence-corrected chi connectivity index (χ0v) is 8.13. The van der Waals surface area contributed by atoms with Gasteiger partial charge in [-0.1, -0.05) is 0 Å². The molecule has 0 aromatic heterocycles. The summed E-state index contributed by atoms with van der Waals surface area (Å²) in [5.74, 6) is 1.25. The molecule has 0 fully saturated rings. The molecule has 0 bridgehead atoms. The van der Waals surface area contributed by atoms with Crippen molar-refractivity contribution in [3.05, 3.63) is 0 Å². The molecule has 2 radical (unpaired) electrons. The zero-order chi connectivity index (χ0) is 9.12. The maximum atomic E-state index is 9.87. The van der Waals surface area contributed by atoms with E-state index < -0.39 is 7.81 Å². The van der Waals surface area contributed by atoms with Crippen LogP contribution in [0.4, 0.5) is 25.2 Å². The number of hydrogen-bond donors (Lipinski definition) is 0. The Morgan fingerprint density at radius 3 is 1.00 bits per heavy atom. The van der Waals surface area contributed by atoms with Gasteiger partial charge in [0, 0.05) is 0 Å². The Bertz CT molecular complexity index is 139. The molecule has 60 valence electrons. The van der Waals surface area contributed by atoms with Crippen molar-refractivity contribution < 1.29 is 54.7 Å². The minimum Gasteiger partial charge on any atom is -0.214 e. The molecule has 0 heterocycles. The molecule has 0 spiro atoms. The van der Waals surface area contributed by atoms with E-state index >= 15 is 0 Å².